The van der Waals surface area contributed by atoms with Crippen molar-refractivity contribution in [1.82, 2.24) is 4.90 Å². The van der Waals surface area contributed by atoms with Gasteiger partial charge < -0.3 is 9.64 Å². The lowest BCUT2D eigenvalue weighted by atomic mass is 10.2. The zero-order valence-electron chi connectivity index (χ0n) is 9.87. The van der Waals surface area contributed by atoms with Crippen LogP contribution in [0.2, 0.25) is 0 Å². The van der Waals surface area contributed by atoms with E-state index in [-0.39, 0.29) is 11.9 Å². The van der Waals surface area contributed by atoms with Gasteiger partial charge in [-0.25, -0.2) is 4.79 Å². The highest BCUT2D eigenvalue weighted by Crippen LogP contribution is 2.18. The Morgan fingerprint density at radius 3 is 2.67 bits per heavy atom. The Morgan fingerprint density at radius 1 is 1.44 bits per heavy atom. The van der Waals surface area contributed by atoms with Gasteiger partial charge in [0.05, 0.1) is 18.2 Å². The quantitative estimate of drug-likeness (QED) is 0.586. The van der Waals surface area contributed by atoms with Gasteiger partial charge in [-0.3, -0.25) is 4.79 Å². The molecule has 1 aliphatic rings. The molecule has 1 amide bonds. The molecule has 5 nitrogen and oxygen atoms in total. The number of ether oxygens (including phenoxy) is 1. The zero-order chi connectivity index (χ0) is 13.1. The first-order chi connectivity index (χ1) is 8.63. The molecule has 0 saturated carbocycles. The van der Waals surface area contributed by atoms with E-state index in [2.05, 4.69) is 0 Å². The monoisotopic (exact) mass is 244 g/mol. The first kappa shape index (κ1) is 12.1. The number of hydrogen-bond acceptors (Lipinski definition) is 4. The van der Waals surface area contributed by atoms with Crippen LogP contribution in [0, 0.1) is 11.3 Å². The third-order valence-corrected chi connectivity index (χ3v) is 2.69. The highest BCUT2D eigenvalue weighted by Gasteiger charge is 2.41. The molecule has 92 valence electrons. The first-order valence-corrected chi connectivity index (χ1v) is 5.59. The van der Waals surface area contributed by atoms with Gasteiger partial charge in [0.1, 0.15) is 6.04 Å². The predicted molar refractivity (Wildman–Crippen MR) is 62.4 cm³/mol. The molecule has 0 N–H and O–H groups in total. The SMILES string of the molecule is CC(OC(=O)c1ccccc1)C(=O)N1CC1C#N. The molecule has 1 heterocycles. The van der Waals surface area contributed by atoms with E-state index in [1.807, 2.05) is 6.07 Å². The molecule has 1 saturated heterocycles. The van der Waals surface area contributed by atoms with Gasteiger partial charge in [-0.2, -0.15) is 5.26 Å². The summed E-state index contributed by atoms with van der Waals surface area (Å²) in [6, 6.07) is 10.1. The fourth-order valence-corrected chi connectivity index (χ4v) is 1.58. The van der Waals surface area contributed by atoms with Gasteiger partial charge in [0.2, 0.25) is 0 Å². The highest BCUT2D eigenvalue weighted by molar-refractivity contribution is 5.92. The molecule has 0 radical (unpaired) electrons. The Balaban J connectivity index is 1.92. The Labute approximate surface area is 105 Å². The van der Waals surface area contributed by atoms with Gasteiger partial charge in [0.15, 0.2) is 6.10 Å². The second kappa shape index (κ2) is 4.88. The molecule has 0 spiro atoms. The summed E-state index contributed by atoms with van der Waals surface area (Å²) in [4.78, 5) is 24.8. The molecule has 2 atom stereocenters. The van der Waals surface area contributed by atoms with E-state index in [4.69, 9.17) is 10.00 Å². The number of hydrogen-bond donors (Lipinski definition) is 0. The molecule has 18 heavy (non-hydrogen) atoms. The average molecular weight is 244 g/mol. The Bertz CT molecular complexity index is 507. The number of benzene rings is 1. The van der Waals surface area contributed by atoms with E-state index >= 15 is 0 Å². The van der Waals surface area contributed by atoms with Crippen LogP contribution in [0.25, 0.3) is 0 Å². The van der Waals surface area contributed by atoms with Crippen LogP contribution in [0.1, 0.15) is 17.3 Å². The molecule has 1 aromatic rings. The molecule has 0 aromatic heterocycles. The fraction of sp³-hybridized carbons (Fsp3) is 0.308. The fourth-order valence-electron chi connectivity index (χ4n) is 1.58. The minimum atomic E-state index is -0.865. The molecule has 1 fully saturated rings. The van der Waals surface area contributed by atoms with E-state index in [9.17, 15) is 9.59 Å². The van der Waals surface area contributed by atoms with Crippen LogP contribution in [-0.4, -0.2) is 35.5 Å². The molecular weight excluding hydrogens is 232 g/mol. The minimum absolute atomic E-state index is 0.328. The number of nitrogens with zero attached hydrogens (tertiary/aromatic N) is 2. The number of carbonyl (C=O) groups excluding carboxylic acids is 2. The number of rotatable bonds is 3. The molecular formula is C13H12N2O3. The summed E-state index contributed by atoms with van der Waals surface area (Å²) in [5.74, 6) is -0.863. The summed E-state index contributed by atoms with van der Waals surface area (Å²) in [6.45, 7) is 1.93. The summed E-state index contributed by atoms with van der Waals surface area (Å²) in [5.41, 5.74) is 0.403. The molecule has 1 aromatic carbocycles. The van der Waals surface area contributed by atoms with E-state index < -0.39 is 12.1 Å². The lowest BCUT2D eigenvalue weighted by molar-refractivity contribution is -0.134. The standard InChI is InChI=1S/C13H12N2O3/c1-9(12(16)15-8-11(15)7-14)18-13(17)10-5-3-2-4-6-10/h2-6,9,11H,8H2,1H3. The summed E-state index contributed by atoms with van der Waals surface area (Å²) in [6.07, 6.45) is -0.865. The van der Waals surface area contributed by atoms with Crippen LogP contribution in [0.15, 0.2) is 30.3 Å². The minimum Gasteiger partial charge on any atom is -0.449 e. The summed E-state index contributed by atoms with van der Waals surface area (Å²) in [5, 5.41) is 8.62. The van der Waals surface area contributed by atoms with Crippen molar-refractivity contribution >= 4 is 11.9 Å². The van der Waals surface area contributed by atoms with Crippen LogP contribution in [0.3, 0.4) is 0 Å². The third-order valence-electron chi connectivity index (χ3n) is 2.69. The molecule has 0 aliphatic carbocycles. The second-order valence-corrected chi connectivity index (χ2v) is 4.05. The lowest BCUT2D eigenvalue weighted by Crippen LogP contribution is -2.30. The van der Waals surface area contributed by atoms with Crippen molar-refractivity contribution in [3.63, 3.8) is 0 Å². The van der Waals surface area contributed by atoms with Gasteiger partial charge in [-0.15, -0.1) is 0 Å². The first-order valence-electron chi connectivity index (χ1n) is 5.59. The number of amides is 1. The Hall–Kier alpha value is -2.35. The van der Waals surface area contributed by atoms with Crippen molar-refractivity contribution < 1.29 is 14.3 Å². The molecule has 2 unspecified atom stereocenters. The van der Waals surface area contributed by atoms with E-state index in [1.165, 1.54) is 11.8 Å². The van der Waals surface area contributed by atoms with Gasteiger partial charge in [0, 0.05) is 0 Å². The van der Waals surface area contributed by atoms with E-state index in [0.717, 1.165) is 0 Å². The third kappa shape index (κ3) is 2.48. The second-order valence-electron chi connectivity index (χ2n) is 4.05. The Kier molecular flexibility index (Phi) is 3.28. The summed E-state index contributed by atoms with van der Waals surface area (Å²) >= 11 is 0. The molecule has 0 bridgehead atoms. The zero-order valence-corrected chi connectivity index (χ0v) is 9.87. The predicted octanol–water partition coefficient (Wildman–Crippen LogP) is 0.966. The van der Waals surface area contributed by atoms with Crippen molar-refractivity contribution in [2.45, 2.75) is 19.1 Å². The van der Waals surface area contributed by atoms with Crippen molar-refractivity contribution in [3.05, 3.63) is 35.9 Å². The summed E-state index contributed by atoms with van der Waals surface area (Å²) < 4.78 is 5.05. The van der Waals surface area contributed by atoms with Crippen LogP contribution in [-0.2, 0) is 9.53 Å². The highest BCUT2D eigenvalue weighted by atomic mass is 16.5. The largest absolute Gasteiger partial charge is 0.449 e. The van der Waals surface area contributed by atoms with Crippen LogP contribution >= 0.6 is 0 Å². The van der Waals surface area contributed by atoms with E-state index in [0.29, 0.717) is 12.1 Å². The van der Waals surface area contributed by atoms with Gasteiger partial charge >= 0.3 is 5.97 Å². The maximum absolute atomic E-state index is 11.7. The van der Waals surface area contributed by atoms with Crippen molar-refractivity contribution in [1.29, 1.82) is 5.26 Å². The maximum atomic E-state index is 11.7. The van der Waals surface area contributed by atoms with Crippen LogP contribution < -0.4 is 0 Å². The Morgan fingerprint density at radius 2 is 2.11 bits per heavy atom. The number of esters is 1. The van der Waals surface area contributed by atoms with Crippen LogP contribution in [0.5, 0.6) is 0 Å². The molecule has 1 aliphatic heterocycles. The lowest BCUT2D eigenvalue weighted by Gasteiger charge is -2.12. The van der Waals surface area contributed by atoms with Gasteiger partial charge in [0.25, 0.3) is 5.91 Å². The topological polar surface area (TPSA) is 70.2 Å². The summed E-state index contributed by atoms with van der Waals surface area (Å²) in [7, 11) is 0. The normalized spacial score (nSPS) is 18.7. The van der Waals surface area contributed by atoms with Crippen molar-refractivity contribution in [2.75, 3.05) is 6.54 Å². The average Bonchev–Trinajstić information content (AvgIpc) is 3.18. The van der Waals surface area contributed by atoms with Gasteiger partial charge in [-0.05, 0) is 19.1 Å². The van der Waals surface area contributed by atoms with E-state index in [1.54, 1.807) is 30.3 Å². The number of nitriles is 1. The smallest absolute Gasteiger partial charge is 0.338 e. The van der Waals surface area contributed by atoms with Gasteiger partial charge in [-0.1, -0.05) is 18.2 Å². The number of carbonyl (C=O) groups is 2. The molecule has 2 rings (SSSR count). The van der Waals surface area contributed by atoms with Crippen molar-refractivity contribution in [2.24, 2.45) is 0 Å². The maximum Gasteiger partial charge on any atom is 0.338 e. The van der Waals surface area contributed by atoms with Crippen LogP contribution in [0.4, 0.5) is 0 Å². The van der Waals surface area contributed by atoms with Crippen molar-refractivity contribution in [3.8, 4) is 6.07 Å². The molecule has 5 heteroatoms.